The van der Waals surface area contributed by atoms with Gasteiger partial charge in [-0.1, -0.05) is 202 Å². The molecule has 0 aliphatic carbocycles. The molecule has 0 saturated heterocycles. The monoisotopic (exact) mass is 1160 g/mol. The molecule has 442 valence electrons. The van der Waals surface area contributed by atoms with Crippen LogP contribution in [0.25, 0.3) is 73.0 Å². The molecule has 12 rings (SSSR count). The van der Waals surface area contributed by atoms with Gasteiger partial charge in [-0.3, -0.25) is 0 Å². The SMILES string of the molecule is C=Cc1ccc(OCCCCCCCc2ccccc2-c2ccc(N(c3ccccc3)c3ccc(-c4ccc5c(c4)c4cc(-c6ccccc6)ccc4n5-c4ccc(OCCCCCCOc5ccc(C=C)cc5)cc4)cc3)cc2Cc2ccccc2)cc1. The summed E-state index contributed by atoms with van der Waals surface area (Å²) in [4.78, 5) is 2.40. The Kier molecular flexibility index (Phi) is 19.7. The van der Waals surface area contributed by atoms with E-state index in [-0.39, 0.29) is 0 Å². The summed E-state index contributed by atoms with van der Waals surface area (Å²) in [5.41, 5.74) is 20.3. The second-order valence-corrected chi connectivity index (χ2v) is 23.1. The van der Waals surface area contributed by atoms with E-state index >= 15 is 0 Å². The minimum Gasteiger partial charge on any atom is -0.494 e. The average molecular weight is 1160 g/mol. The van der Waals surface area contributed by atoms with E-state index < -0.39 is 0 Å². The molecule has 1 heterocycles. The zero-order valence-corrected chi connectivity index (χ0v) is 51.0. The van der Waals surface area contributed by atoms with Crippen LogP contribution >= 0.6 is 0 Å². The Morgan fingerprint density at radius 2 is 0.775 bits per heavy atom. The first-order valence-electron chi connectivity index (χ1n) is 31.8. The van der Waals surface area contributed by atoms with Crippen molar-refractivity contribution in [3.05, 3.63) is 308 Å². The molecule has 5 heteroatoms. The van der Waals surface area contributed by atoms with Crippen LogP contribution < -0.4 is 19.1 Å². The summed E-state index contributed by atoms with van der Waals surface area (Å²) < 4.78 is 20.6. The number of aromatic nitrogens is 1. The summed E-state index contributed by atoms with van der Waals surface area (Å²) in [7, 11) is 0. The van der Waals surface area contributed by atoms with Crippen LogP contribution in [0.4, 0.5) is 17.1 Å². The van der Waals surface area contributed by atoms with Crippen molar-refractivity contribution in [2.75, 3.05) is 24.7 Å². The summed E-state index contributed by atoms with van der Waals surface area (Å²) in [6.07, 6.45) is 15.5. The molecule has 0 amide bonds. The maximum atomic E-state index is 6.29. The average Bonchev–Trinajstić information content (AvgIpc) is 1.68. The molecule has 1 aromatic heterocycles. The Hall–Kier alpha value is -10.1. The van der Waals surface area contributed by atoms with Gasteiger partial charge < -0.3 is 23.7 Å². The van der Waals surface area contributed by atoms with Crippen molar-refractivity contribution in [1.82, 2.24) is 4.57 Å². The molecule has 0 fully saturated rings. The van der Waals surface area contributed by atoms with Crippen LogP contribution in [-0.4, -0.2) is 24.4 Å². The van der Waals surface area contributed by atoms with Crippen molar-refractivity contribution >= 4 is 51.0 Å². The number of unbranched alkanes of at least 4 members (excludes halogenated alkanes) is 7. The van der Waals surface area contributed by atoms with E-state index in [1.807, 2.05) is 60.7 Å². The fraction of sp³-hybridized carbons (Fsp3) is 0.167. The Morgan fingerprint density at radius 1 is 0.337 bits per heavy atom. The number of hydrogen-bond donors (Lipinski definition) is 0. The third-order valence-electron chi connectivity index (χ3n) is 17.0. The highest BCUT2D eigenvalue weighted by molar-refractivity contribution is 6.11. The van der Waals surface area contributed by atoms with E-state index in [9.17, 15) is 0 Å². The summed E-state index contributed by atoms with van der Waals surface area (Å²) in [6, 6.07) is 96.4. The molecule has 0 N–H and O–H groups in total. The smallest absolute Gasteiger partial charge is 0.119 e. The number of hydrogen-bond acceptors (Lipinski definition) is 4. The third-order valence-corrected chi connectivity index (χ3v) is 17.0. The molecular weight excluding hydrogens is 1080 g/mol. The van der Waals surface area contributed by atoms with Gasteiger partial charge in [0, 0.05) is 33.5 Å². The maximum Gasteiger partial charge on any atom is 0.119 e. The molecule has 0 radical (unpaired) electrons. The summed E-state index contributed by atoms with van der Waals surface area (Å²) >= 11 is 0. The van der Waals surface area contributed by atoms with Gasteiger partial charge in [0.15, 0.2) is 0 Å². The second-order valence-electron chi connectivity index (χ2n) is 23.1. The van der Waals surface area contributed by atoms with Gasteiger partial charge in [0.05, 0.1) is 30.9 Å². The fourth-order valence-electron chi connectivity index (χ4n) is 12.2. The lowest BCUT2D eigenvalue weighted by molar-refractivity contribution is 0.287. The summed E-state index contributed by atoms with van der Waals surface area (Å²) in [6.45, 7) is 9.83. The highest BCUT2D eigenvalue weighted by atomic mass is 16.5. The van der Waals surface area contributed by atoms with Gasteiger partial charge in [-0.25, -0.2) is 0 Å². The van der Waals surface area contributed by atoms with E-state index in [4.69, 9.17) is 14.2 Å². The van der Waals surface area contributed by atoms with Gasteiger partial charge in [-0.2, -0.15) is 0 Å². The van der Waals surface area contributed by atoms with E-state index in [2.05, 4.69) is 241 Å². The van der Waals surface area contributed by atoms with Crippen LogP contribution in [0.1, 0.15) is 85.6 Å². The quantitative estimate of drug-likeness (QED) is 0.0438. The van der Waals surface area contributed by atoms with Crippen molar-refractivity contribution in [1.29, 1.82) is 0 Å². The van der Waals surface area contributed by atoms with Crippen LogP contribution in [0.2, 0.25) is 0 Å². The minimum absolute atomic E-state index is 0.682. The first kappa shape index (κ1) is 59.2. The van der Waals surface area contributed by atoms with E-state index in [1.54, 1.807) is 0 Å². The Balaban J connectivity index is 0.771. The van der Waals surface area contributed by atoms with Gasteiger partial charge in [-0.05, 0) is 222 Å². The number of fused-ring (bicyclic) bond motifs is 3. The zero-order valence-electron chi connectivity index (χ0n) is 51.0. The molecule has 0 aliphatic heterocycles. The number of ether oxygens (including phenoxy) is 3. The third kappa shape index (κ3) is 14.8. The fourth-order valence-corrected chi connectivity index (χ4v) is 12.2. The predicted molar refractivity (Wildman–Crippen MR) is 376 cm³/mol. The lowest BCUT2D eigenvalue weighted by Crippen LogP contribution is -2.10. The van der Waals surface area contributed by atoms with Gasteiger partial charge in [0.25, 0.3) is 0 Å². The number of para-hydroxylation sites is 1. The van der Waals surface area contributed by atoms with Crippen LogP contribution in [0.3, 0.4) is 0 Å². The number of anilines is 3. The Labute approximate surface area is 526 Å². The molecule has 0 spiro atoms. The topological polar surface area (TPSA) is 35.9 Å². The molecule has 0 bridgehead atoms. The minimum atomic E-state index is 0.682. The molecule has 0 atom stereocenters. The highest BCUT2D eigenvalue weighted by Gasteiger charge is 2.19. The molecule has 89 heavy (non-hydrogen) atoms. The van der Waals surface area contributed by atoms with E-state index in [0.29, 0.717) is 13.2 Å². The van der Waals surface area contributed by atoms with Crippen molar-refractivity contribution in [2.45, 2.75) is 70.6 Å². The van der Waals surface area contributed by atoms with Gasteiger partial charge in [0.1, 0.15) is 17.2 Å². The first-order chi connectivity index (χ1) is 44.0. The molecule has 0 aliphatic rings. The lowest BCUT2D eigenvalue weighted by Gasteiger charge is -2.27. The molecular formula is C84H78N2O3. The molecule has 11 aromatic carbocycles. The Bertz CT molecular complexity index is 4230. The molecule has 0 unspecified atom stereocenters. The predicted octanol–water partition coefficient (Wildman–Crippen LogP) is 22.7. The lowest BCUT2D eigenvalue weighted by atomic mass is 9.89. The molecule has 5 nitrogen and oxygen atoms in total. The Morgan fingerprint density at radius 3 is 1.34 bits per heavy atom. The second kappa shape index (κ2) is 29.5. The largest absolute Gasteiger partial charge is 0.494 e. The summed E-state index contributed by atoms with van der Waals surface area (Å²) in [5, 5.41) is 2.42. The number of aryl methyl sites for hydroxylation is 1. The van der Waals surface area contributed by atoms with E-state index in [1.165, 1.54) is 68.1 Å². The van der Waals surface area contributed by atoms with Crippen molar-refractivity contribution in [3.63, 3.8) is 0 Å². The number of rotatable bonds is 29. The molecule has 12 aromatic rings. The summed E-state index contributed by atoms with van der Waals surface area (Å²) in [5.74, 6) is 2.71. The number of benzene rings is 11. The zero-order chi connectivity index (χ0) is 60.4. The number of nitrogens with zero attached hydrogens (tertiary/aromatic N) is 2. The van der Waals surface area contributed by atoms with Crippen LogP contribution in [0.15, 0.2) is 280 Å². The normalized spacial score (nSPS) is 11.2. The van der Waals surface area contributed by atoms with Crippen LogP contribution in [0.5, 0.6) is 17.2 Å². The van der Waals surface area contributed by atoms with Gasteiger partial charge in [-0.15, -0.1) is 0 Å². The van der Waals surface area contributed by atoms with E-state index in [0.717, 1.165) is 132 Å². The van der Waals surface area contributed by atoms with Crippen molar-refractivity contribution < 1.29 is 14.2 Å². The first-order valence-corrected chi connectivity index (χ1v) is 31.8. The standard InChI is InChI=1S/C84H78N2O3/c1-3-63-34-47-76(48-35-63)87-56-22-7-5-6-15-29-68-30-20-21-33-79(68)80-53-46-75(60-71(80)59-65-25-13-10-14-26-65)85(72-31-18-12-19-32-72)73-42-38-67(39-43-73)70-41-55-84-82(62-70)81-61-69(66-27-16-11-17-28-66)40-54-83(81)86(84)74-44-51-78(52-45-74)89-58-24-9-8-23-57-88-77-49-36-64(4-2)37-50-77/h3-4,10-14,16-21,25-28,30-55,60-62H,1-2,5-9,15,22-24,29,56-59H2. The van der Waals surface area contributed by atoms with Crippen LogP contribution in [-0.2, 0) is 12.8 Å². The highest BCUT2D eigenvalue weighted by Crippen LogP contribution is 2.42. The van der Waals surface area contributed by atoms with Crippen molar-refractivity contribution in [2.24, 2.45) is 0 Å². The van der Waals surface area contributed by atoms with Gasteiger partial charge >= 0.3 is 0 Å². The van der Waals surface area contributed by atoms with Crippen molar-refractivity contribution in [3.8, 4) is 56.3 Å². The molecule has 0 saturated carbocycles. The van der Waals surface area contributed by atoms with Crippen LogP contribution in [0, 0.1) is 0 Å². The van der Waals surface area contributed by atoms with Gasteiger partial charge in [0.2, 0.25) is 0 Å². The maximum absolute atomic E-state index is 6.29.